The summed E-state index contributed by atoms with van der Waals surface area (Å²) < 4.78 is 29.4. The fraction of sp³-hybridized carbons (Fsp3) is 0.438. The summed E-state index contributed by atoms with van der Waals surface area (Å²) in [4.78, 5) is 0.336. The molecule has 0 aliphatic heterocycles. The molecule has 2 aliphatic rings. The lowest BCUT2D eigenvalue weighted by atomic mass is 10.1. The first kappa shape index (κ1) is 13.8. The Morgan fingerprint density at radius 3 is 2.86 bits per heavy atom. The van der Waals surface area contributed by atoms with E-state index >= 15 is 0 Å². The number of fused-ring (bicyclic) bond motifs is 1. The van der Waals surface area contributed by atoms with Crippen molar-refractivity contribution in [3.8, 4) is 0 Å². The lowest BCUT2D eigenvalue weighted by molar-refractivity contribution is 0.563. The van der Waals surface area contributed by atoms with Gasteiger partial charge in [-0.15, -0.1) is 0 Å². The molecule has 0 bridgehead atoms. The Morgan fingerprint density at radius 2 is 2.05 bits per heavy atom. The zero-order chi connectivity index (χ0) is 15.2. The van der Waals surface area contributed by atoms with Gasteiger partial charge in [0.05, 0.1) is 16.8 Å². The van der Waals surface area contributed by atoms with Crippen LogP contribution in [0.5, 0.6) is 0 Å². The van der Waals surface area contributed by atoms with Crippen molar-refractivity contribution < 1.29 is 8.42 Å². The molecule has 0 unspecified atom stereocenters. The standard InChI is InChI=1S/C16H19N3O2S/c20-22(21,16-7-6-13-2-1-3-14(13)8-16)18-15-9-17-19(11-15)10-12-4-5-12/h6-9,11-12,18H,1-5,10H2. The first-order chi connectivity index (χ1) is 10.6. The molecule has 116 valence electrons. The number of sulfonamides is 1. The van der Waals surface area contributed by atoms with E-state index in [1.807, 2.05) is 10.7 Å². The average molecular weight is 317 g/mol. The largest absolute Gasteiger partial charge is 0.276 e. The van der Waals surface area contributed by atoms with Gasteiger partial charge >= 0.3 is 0 Å². The molecule has 6 heteroatoms. The number of nitrogens with one attached hydrogen (secondary N) is 1. The first-order valence-electron chi connectivity index (χ1n) is 7.77. The summed E-state index contributed by atoms with van der Waals surface area (Å²) in [6.07, 6.45) is 8.97. The van der Waals surface area contributed by atoms with E-state index in [4.69, 9.17) is 0 Å². The molecule has 0 spiro atoms. The van der Waals surface area contributed by atoms with Crippen molar-refractivity contribution in [2.24, 2.45) is 5.92 Å². The minimum atomic E-state index is -3.54. The number of rotatable bonds is 5. The maximum atomic E-state index is 12.5. The van der Waals surface area contributed by atoms with Crippen molar-refractivity contribution in [2.45, 2.75) is 43.5 Å². The Kier molecular flexibility index (Phi) is 3.22. The van der Waals surface area contributed by atoms with E-state index < -0.39 is 10.0 Å². The van der Waals surface area contributed by atoms with Crippen molar-refractivity contribution in [1.82, 2.24) is 9.78 Å². The summed E-state index contributed by atoms with van der Waals surface area (Å²) in [5.74, 6) is 0.709. The smallest absolute Gasteiger partial charge is 0.262 e. The first-order valence-corrected chi connectivity index (χ1v) is 9.25. The molecule has 0 amide bonds. The van der Waals surface area contributed by atoms with Crippen LogP contribution >= 0.6 is 0 Å². The number of aromatic nitrogens is 2. The molecule has 1 N–H and O–H groups in total. The summed E-state index contributed by atoms with van der Waals surface area (Å²) in [5, 5.41) is 4.22. The minimum Gasteiger partial charge on any atom is -0.276 e. The van der Waals surface area contributed by atoms with Crippen LogP contribution < -0.4 is 4.72 Å². The fourth-order valence-electron chi connectivity index (χ4n) is 3.01. The van der Waals surface area contributed by atoms with Crippen LogP contribution in [0, 0.1) is 5.92 Å². The Balaban J connectivity index is 1.54. The monoisotopic (exact) mass is 317 g/mol. The van der Waals surface area contributed by atoms with Gasteiger partial charge in [-0.1, -0.05) is 6.07 Å². The van der Waals surface area contributed by atoms with Crippen molar-refractivity contribution in [2.75, 3.05) is 4.72 Å². The van der Waals surface area contributed by atoms with Crippen LogP contribution in [-0.2, 0) is 29.4 Å². The molecular weight excluding hydrogens is 298 g/mol. The van der Waals surface area contributed by atoms with Crippen molar-refractivity contribution in [3.63, 3.8) is 0 Å². The third kappa shape index (κ3) is 2.75. The molecule has 1 saturated carbocycles. The molecule has 0 atom stereocenters. The van der Waals surface area contributed by atoms with E-state index in [1.54, 1.807) is 24.5 Å². The van der Waals surface area contributed by atoms with Gasteiger partial charge in [-0.2, -0.15) is 5.10 Å². The summed E-state index contributed by atoms with van der Waals surface area (Å²) in [5.41, 5.74) is 2.96. The SMILES string of the molecule is O=S(=O)(Nc1cnn(CC2CC2)c1)c1ccc2c(c1)CCC2. The van der Waals surface area contributed by atoms with E-state index in [1.165, 1.54) is 18.4 Å². The van der Waals surface area contributed by atoms with Gasteiger partial charge in [-0.05, 0) is 61.3 Å². The highest BCUT2D eigenvalue weighted by atomic mass is 32.2. The molecule has 1 fully saturated rings. The molecule has 0 saturated heterocycles. The van der Waals surface area contributed by atoms with E-state index in [2.05, 4.69) is 9.82 Å². The molecule has 0 radical (unpaired) electrons. The highest BCUT2D eigenvalue weighted by Gasteiger charge is 2.23. The van der Waals surface area contributed by atoms with Crippen LogP contribution in [0.1, 0.15) is 30.4 Å². The molecule has 22 heavy (non-hydrogen) atoms. The zero-order valence-electron chi connectivity index (χ0n) is 12.3. The maximum absolute atomic E-state index is 12.5. The van der Waals surface area contributed by atoms with Gasteiger partial charge in [0.15, 0.2) is 0 Å². The predicted octanol–water partition coefficient (Wildman–Crippen LogP) is 2.58. The number of nitrogens with zero attached hydrogens (tertiary/aromatic N) is 2. The van der Waals surface area contributed by atoms with Crippen molar-refractivity contribution in [1.29, 1.82) is 0 Å². The molecule has 5 nitrogen and oxygen atoms in total. The average Bonchev–Trinajstić information content (AvgIpc) is 2.99. The van der Waals surface area contributed by atoms with Crippen LogP contribution in [0.15, 0.2) is 35.5 Å². The van der Waals surface area contributed by atoms with E-state index in [0.29, 0.717) is 16.5 Å². The number of hydrogen-bond acceptors (Lipinski definition) is 3. The van der Waals surface area contributed by atoms with Gasteiger partial charge in [0.25, 0.3) is 10.0 Å². The fourth-order valence-corrected chi connectivity index (χ4v) is 4.09. The number of anilines is 1. The molecule has 1 heterocycles. The third-order valence-corrected chi connectivity index (χ3v) is 5.79. The van der Waals surface area contributed by atoms with Crippen molar-refractivity contribution in [3.05, 3.63) is 41.7 Å². The normalized spacial score (nSPS) is 17.5. The summed E-state index contributed by atoms with van der Waals surface area (Å²) in [6, 6.07) is 5.44. The minimum absolute atomic E-state index is 0.336. The van der Waals surface area contributed by atoms with Crippen LogP contribution in [0.3, 0.4) is 0 Å². The van der Waals surface area contributed by atoms with Gasteiger partial charge in [-0.25, -0.2) is 8.42 Å². The van der Waals surface area contributed by atoms with Gasteiger partial charge in [0, 0.05) is 12.7 Å². The molecule has 1 aromatic heterocycles. The van der Waals surface area contributed by atoms with E-state index in [9.17, 15) is 8.42 Å². The Morgan fingerprint density at radius 1 is 1.23 bits per heavy atom. The van der Waals surface area contributed by atoms with Crippen LogP contribution in [0.2, 0.25) is 0 Å². The Hall–Kier alpha value is -1.82. The molecule has 1 aromatic carbocycles. The molecule has 4 rings (SSSR count). The molecule has 2 aliphatic carbocycles. The topological polar surface area (TPSA) is 64.0 Å². The Bertz CT molecular complexity index is 807. The number of hydrogen-bond donors (Lipinski definition) is 1. The highest BCUT2D eigenvalue weighted by molar-refractivity contribution is 7.92. The summed E-state index contributed by atoms with van der Waals surface area (Å²) >= 11 is 0. The number of aryl methyl sites for hydroxylation is 2. The maximum Gasteiger partial charge on any atom is 0.262 e. The van der Waals surface area contributed by atoms with Crippen LogP contribution in [-0.4, -0.2) is 18.2 Å². The highest BCUT2D eigenvalue weighted by Crippen LogP contribution is 2.30. The number of benzene rings is 1. The van der Waals surface area contributed by atoms with Crippen LogP contribution in [0.4, 0.5) is 5.69 Å². The Labute approximate surface area is 130 Å². The second-order valence-electron chi connectivity index (χ2n) is 6.28. The lowest BCUT2D eigenvalue weighted by Crippen LogP contribution is -2.13. The molecule has 2 aromatic rings. The van der Waals surface area contributed by atoms with Crippen LogP contribution in [0.25, 0.3) is 0 Å². The second kappa shape index (κ2) is 5.12. The molecular formula is C16H19N3O2S. The van der Waals surface area contributed by atoms with Gasteiger partial charge in [0.2, 0.25) is 0 Å². The van der Waals surface area contributed by atoms with Gasteiger partial charge < -0.3 is 0 Å². The summed E-state index contributed by atoms with van der Waals surface area (Å²) in [6.45, 7) is 0.876. The van der Waals surface area contributed by atoms with Gasteiger partial charge in [0.1, 0.15) is 0 Å². The second-order valence-corrected chi connectivity index (χ2v) is 7.97. The summed E-state index contributed by atoms with van der Waals surface area (Å²) in [7, 11) is -3.54. The predicted molar refractivity (Wildman–Crippen MR) is 84.2 cm³/mol. The van der Waals surface area contributed by atoms with Gasteiger partial charge in [-0.3, -0.25) is 9.40 Å². The third-order valence-electron chi connectivity index (χ3n) is 4.41. The zero-order valence-corrected chi connectivity index (χ0v) is 13.1. The quantitative estimate of drug-likeness (QED) is 0.922. The van der Waals surface area contributed by atoms with E-state index in [0.717, 1.165) is 31.4 Å². The van der Waals surface area contributed by atoms with E-state index in [-0.39, 0.29) is 0 Å². The van der Waals surface area contributed by atoms with Crippen molar-refractivity contribution >= 4 is 15.7 Å². The lowest BCUT2D eigenvalue weighted by Gasteiger charge is -2.08.